The second kappa shape index (κ2) is 9.00. The number of para-hydroxylation sites is 1. The van der Waals surface area contributed by atoms with E-state index in [1.165, 1.54) is 0 Å². The molecular weight excluding hydrogens is 400 g/mol. The molecule has 0 bridgehead atoms. The van der Waals surface area contributed by atoms with Gasteiger partial charge in [-0.2, -0.15) is 0 Å². The lowest BCUT2D eigenvalue weighted by molar-refractivity contribution is -0.114. The van der Waals surface area contributed by atoms with Crippen LogP contribution in [0.25, 0.3) is 0 Å². The van der Waals surface area contributed by atoms with Crippen LogP contribution >= 0.6 is 0 Å². The summed E-state index contributed by atoms with van der Waals surface area (Å²) in [5, 5.41) is 2.73. The molecule has 0 aromatic heterocycles. The van der Waals surface area contributed by atoms with Crippen molar-refractivity contribution in [2.45, 2.75) is 13.8 Å². The number of sulfonamides is 1. The van der Waals surface area contributed by atoms with Gasteiger partial charge < -0.3 is 10.1 Å². The van der Waals surface area contributed by atoms with Gasteiger partial charge in [-0.05, 0) is 73.5 Å². The van der Waals surface area contributed by atoms with Crippen molar-refractivity contribution in [2.24, 2.45) is 0 Å². The van der Waals surface area contributed by atoms with Gasteiger partial charge in [0, 0.05) is 5.69 Å². The van der Waals surface area contributed by atoms with Gasteiger partial charge in [0.05, 0.1) is 11.9 Å². The van der Waals surface area contributed by atoms with Crippen LogP contribution in [0.1, 0.15) is 11.1 Å². The quantitative estimate of drug-likeness (QED) is 0.606. The Morgan fingerprint density at radius 2 is 1.47 bits per heavy atom. The molecule has 3 aromatic carbocycles. The van der Waals surface area contributed by atoms with Crippen LogP contribution in [0.5, 0.6) is 11.5 Å². The fourth-order valence-corrected chi connectivity index (χ4v) is 3.90. The SMILES string of the molecule is Cc1cc(C)cc(N(CC(=O)Nc2ccc(Oc3ccccc3)cc2)S(C)(=O)=O)c1. The first-order chi connectivity index (χ1) is 14.2. The zero-order chi connectivity index (χ0) is 21.7. The van der Waals surface area contributed by atoms with E-state index in [9.17, 15) is 13.2 Å². The highest BCUT2D eigenvalue weighted by Gasteiger charge is 2.21. The Labute approximate surface area is 177 Å². The van der Waals surface area contributed by atoms with Gasteiger partial charge in [-0.1, -0.05) is 24.3 Å². The molecular formula is C23H24N2O4S. The maximum Gasteiger partial charge on any atom is 0.245 e. The molecule has 0 aliphatic rings. The highest BCUT2D eigenvalue weighted by Crippen LogP contribution is 2.24. The Morgan fingerprint density at radius 3 is 2.03 bits per heavy atom. The zero-order valence-electron chi connectivity index (χ0n) is 17.1. The molecule has 0 atom stereocenters. The van der Waals surface area contributed by atoms with Crippen LogP contribution in [0.2, 0.25) is 0 Å². The topological polar surface area (TPSA) is 75.7 Å². The van der Waals surface area contributed by atoms with Gasteiger partial charge in [-0.25, -0.2) is 8.42 Å². The van der Waals surface area contributed by atoms with Crippen molar-refractivity contribution < 1.29 is 17.9 Å². The normalized spacial score (nSPS) is 11.0. The van der Waals surface area contributed by atoms with Gasteiger partial charge in [0.15, 0.2) is 0 Å². The van der Waals surface area contributed by atoms with Gasteiger partial charge in [0.2, 0.25) is 15.9 Å². The summed E-state index contributed by atoms with van der Waals surface area (Å²) in [6, 6.07) is 21.7. The summed E-state index contributed by atoms with van der Waals surface area (Å²) in [5.74, 6) is 0.912. The minimum atomic E-state index is -3.63. The van der Waals surface area contributed by atoms with Gasteiger partial charge in [-0.15, -0.1) is 0 Å². The highest BCUT2D eigenvalue weighted by molar-refractivity contribution is 7.92. The van der Waals surface area contributed by atoms with Crippen molar-refractivity contribution >= 4 is 27.3 Å². The number of rotatable bonds is 7. The third-order valence-corrected chi connectivity index (χ3v) is 5.44. The molecule has 1 amide bonds. The van der Waals surface area contributed by atoms with Crippen molar-refractivity contribution in [3.8, 4) is 11.5 Å². The van der Waals surface area contributed by atoms with E-state index in [1.807, 2.05) is 50.2 Å². The Morgan fingerprint density at radius 1 is 0.900 bits per heavy atom. The standard InChI is InChI=1S/C23H24N2O4S/c1-17-13-18(2)15-20(14-17)25(30(3,27)28)16-23(26)24-19-9-11-22(12-10-19)29-21-7-5-4-6-8-21/h4-15H,16H2,1-3H3,(H,24,26). The summed E-state index contributed by atoms with van der Waals surface area (Å²) in [7, 11) is -3.63. The average molecular weight is 425 g/mol. The molecule has 3 aromatic rings. The van der Waals surface area contributed by atoms with Crippen LogP contribution in [0.15, 0.2) is 72.8 Å². The molecule has 0 heterocycles. The highest BCUT2D eigenvalue weighted by atomic mass is 32.2. The average Bonchev–Trinajstić information content (AvgIpc) is 2.67. The monoisotopic (exact) mass is 424 g/mol. The number of benzene rings is 3. The van der Waals surface area contributed by atoms with E-state index in [0.29, 0.717) is 22.9 Å². The number of nitrogens with zero attached hydrogens (tertiary/aromatic N) is 1. The summed E-state index contributed by atoms with van der Waals surface area (Å²) in [5.41, 5.74) is 2.87. The van der Waals surface area contributed by atoms with Crippen LogP contribution in [0.4, 0.5) is 11.4 Å². The minimum absolute atomic E-state index is 0.315. The molecule has 3 rings (SSSR count). The van der Waals surface area contributed by atoms with E-state index in [1.54, 1.807) is 36.4 Å². The van der Waals surface area contributed by atoms with E-state index >= 15 is 0 Å². The predicted molar refractivity (Wildman–Crippen MR) is 120 cm³/mol. The number of carbonyl (C=O) groups excluding carboxylic acids is 1. The summed E-state index contributed by atoms with van der Waals surface area (Å²) in [4.78, 5) is 12.5. The first-order valence-corrected chi connectivity index (χ1v) is 11.2. The van der Waals surface area contributed by atoms with Crippen LogP contribution < -0.4 is 14.4 Å². The van der Waals surface area contributed by atoms with Crippen molar-refractivity contribution in [2.75, 3.05) is 22.4 Å². The maximum atomic E-state index is 12.5. The third-order valence-electron chi connectivity index (χ3n) is 4.30. The second-order valence-corrected chi connectivity index (χ2v) is 9.01. The van der Waals surface area contributed by atoms with E-state index in [4.69, 9.17) is 4.74 Å². The smallest absolute Gasteiger partial charge is 0.245 e. The number of amides is 1. The number of nitrogens with one attached hydrogen (secondary N) is 1. The molecule has 0 aliphatic heterocycles. The Balaban J connectivity index is 1.69. The molecule has 7 heteroatoms. The predicted octanol–water partition coefficient (Wildman–Crippen LogP) is 4.50. The summed E-state index contributed by atoms with van der Waals surface area (Å²) in [6.07, 6.45) is 1.09. The van der Waals surface area contributed by atoms with Crippen LogP contribution in [-0.4, -0.2) is 27.1 Å². The van der Waals surface area contributed by atoms with Gasteiger partial charge in [0.1, 0.15) is 18.0 Å². The summed E-state index contributed by atoms with van der Waals surface area (Å²) in [6.45, 7) is 3.45. The lowest BCUT2D eigenvalue weighted by Gasteiger charge is -2.23. The largest absolute Gasteiger partial charge is 0.457 e. The molecule has 0 spiro atoms. The fourth-order valence-electron chi connectivity index (χ4n) is 3.06. The van der Waals surface area contributed by atoms with Crippen LogP contribution in [0, 0.1) is 13.8 Å². The van der Waals surface area contributed by atoms with E-state index in [0.717, 1.165) is 21.7 Å². The number of aryl methyl sites for hydroxylation is 2. The Hall–Kier alpha value is -3.32. The molecule has 0 radical (unpaired) electrons. The van der Waals surface area contributed by atoms with Crippen LogP contribution in [0.3, 0.4) is 0 Å². The minimum Gasteiger partial charge on any atom is -0.457 e. The van der Waals surface area contributed by atoms with E-state index in [2.05, 4.69) is 5.32 Å². The summed E-state index contributed by atoms with van der Waals surface area (Å²) >= 11 is 0. The first kappa shape index (κ1) is 21.4. The molecule has 0 saturated heterocycles. The Kier molecular flexibility index (Phi) is 6.42. The zero-order valence-corrected chi connectivity index (χ0v) is 17.9. The lowest BCUT2D eigenvalue weighted by Crippen LogP contribution is -2.37. The van der Waals surface area contributed by atoms with Gasteiger partial charge in [0.25, 0.3) is 0 Å². The maximum absolute atomic E-state index is 12.5. The lowest BCUT2D eigenvalue weighted by atomic mass is 10.1. The molecule has 0 saturated carbocycles. The fraction of sp³-hybridized carbons (Fsp3) is 0.174. The molecule has 1 N–H and O–H groups in total. The third kappa shape index (κ3) is 5.84. The number of ether oxygens (including phenoxy) is 1. The first-order valence-electron chi connectivity index (χ1n) is 9.39. The molecule has 6 nitrogen and oxygen atoms in total. The van der Waals surface area contributed by atoms with Crippen molar-refractivity contribution in [3.05, 3.63) is 83.9 Å². The van der Waals surface area contributed by atoms with Gasteiger partial charge in [-0.3, -0.25) is 9.10 Å². The van der Waals surface area contributed by atoms with E-state index < -0.39 is 15.9 Å². The van der Waals surface area contributed by atoms with Crippen molar-refractivity contribution in [1.82, 2.24) is 0 Å². The molecule has 0 aliphatic carbocycles. The molecule has 0 unspecified atom stereocenters. The molecule has 0 fully saturated rings. The molecule has 30 heavy (non-hydrogen) atoms. The number of anilines is 2. The van der Waals surface area contributed by atoms with Crippen molar-refractivity contribution in [3.63, 3.8) is 0 Å². The van der Waals surface area contributed by atoms with Crippen molar-refractivity contribution in [1.29, 1.82) is 0 Å². The number of carbonyl (C=O) groups is 1. The number of hydrogen-bond donors (Lipinski definition) is 1. The van der Waals surface area contributed by atoms with Crippen LogP contribution in [-0.2, 0) is 14.8 Å². The second-order valence-electron chi connectivity index (χ2n) is 7.10. The van der Waals surface area contributed by atoms with Gasteiger partial charge >= 0.3 is 0 Å². The van der Waals surface area contributed by atoms with E-state index in [-0.39, 0.29) is 6.54 Å². The summed E-state index contributed by atoms with van der Waals surface area (Å²) < 4.78 is 31.4. The Bertz CT molecular complexity index is 1110. The molecule has 156 valence electrons. The number of hydrogen-bond acceptors (Lipinski definition) is 4.